The number of rotatable bonds is 4. The van der Waals surface area contributed by atoms with Crippen LogP contribution in [0.3, 0.4) is 0 Å². The van der Waals surface area contributed by atoms with E-state index in [1.807, 2.05) is 0 Å². The summed E-state index contributed by atoms with van der Waals surface area (Å²) in [5.41, 5.74) is 0.699. The third-order valence-electron chi connectivity index (χ3n) is 2.70. The number of hydrogen-bond donors (Lipinski definition) is 0. The van der Waals surface area contributed by atoms with Crippen LogP contribution >= 0.6 is 11.6 Å². The van der Waals surface area contributed by atoms with Crippen LogP contribution in [0, 0.1) is 17.0 Å². The number of nitro groups is 1. The quantitative estimate of drug-likeness (QED) is 0.482. The highest BCUT2D eigenvalue weighted by molar-refractivity contribution is 6.30. The molecule has 20 heavy (non-hydrogen) atoms. The van der Waals surface area contributed by atoms with E-state index in [1.165, 1.54) is 18.2 Å². The van der Waals surface area contributed by atoms with Gasteiger partial charge in [0.2, 0.25) is 5.75 Å². The molecule has 0 aliphatic rings. The fourth-order valence-electron chi connectivity index (χ4n) is 1.72. The van der Waals surface area contributed by atoms with E-state index in [9.17, 15) is 14.9 Å². The molecule has 0 amide bonds. The van der Waals surface area contributed by atoms with Crippen LogP contribution in [-0.4, -0.2) is 11.2 Å². The van der Waals surface area contributed by atoms with Crippen molar-refractivity contribution in [3.63, 3.8) is 0 Å². The van der Waals surface area contributed by atoms with Crippen molar-refractivity contribution < 1.29 is 14.5 Å². The summed E-state index contributed by atoms with van der Waals surface area (Å²) in [6.45, 7) is 1.69. The molecule has 0 saturated carbocycles. The predicted octanol–water partition coefficient (Wildman–Crippen LogP) is 4.16. The first-order valence-corrected chi connectivity index (χ1v) is 6.07. The minimum atomic E-state index is -0.534. The van der Waals surface area contributed by atoms with Gasteiger partial charge in [0.15, 0.2) is 6.29 Å². The Hall–Kier alpha value is -2.40. The molecule has 0 spiro atoms. The molecule has 102 valence electrons. The molecule has 2 aromatic rings. The van der Waals surface area contributed by atoms with Crippen molar-refractivity contribution in [3.8, 4) is 11.5 Å². The van der Waals surface area contributed by atoms with Crippen LogP contribution in [0.1, 0.15) is 15.9 Å². The minimum Gasteiger partial charge on any atom is -0.449 e. The van der Waals surface area contributed by atoms with Gasteiger partial charge in [0, 0.05) is 17.2 Å². The summed E-state index contributed by atoms with van der Waals surface area (Å²) in [7, 11) is 0. The van der Waals surface area contributed by atoms with Gasteiger partial charge in [-0.3, -0.25) is 14.9 Å². The van der Waals surface area contributed by atoms with Crippen molar-refractivity contribution in [2.24, 2.45) is 0 Å². The molecule has 0 bridgehead atoms. The second-order valence-corrected chi connectivity index (χ2v) is 4.52. The lowest BCUT2D eigenvalue weighted by molar-refractivity contribution is -0.385. The maximum Gasteiger partial charge on any atom is 0.311 e. The van der Waals surface area contributed by atoms with Crippen LogP contribution in [0.15, 0.2) is 36.4 Å². The minimum absolute atomic E-state index is 0.0999. The zero-order valence-electron chi connectivity index (χ0n) is 10.5. The molecule has 0 aliphatic carbocycles. The second-order valence-electron chi connectivity index (χ2n) is 4.08. The molecule has 0 fully saturated rings. The molecule has 2 rings (SSSR count). The number of nitrogens with zero attached hydrogens (tertiary/aromatic N) is 1. The van der Waals surface area contributed by atoms with E-state index >= 15 is 0 Å². The second kappa shape index (κ2) is 5.71. The first kappa shape index (κ1) is 14.0. The van der Waals surface area contributed by atoms with Crippen molar-refractivity contribution in [1.82, 2.24) is 0 Å². The number of carbonyl (C=O) groups excluding carboxylic acids is 1. The van der Waals surface area contributed by atoms with Crippen LogP contribution in [0.5, 0.6) is 11.5 Å². The standard InChI is InChI=1S/C14H10ClNO4/c1-9-3-2-4-12(16(18)19)14(9)20-13-7-11(15)6-5-10(13)8-17/h2-8H,1H3. The fourth-order valence-corrected chi connectivity index (χ4v) is 1.88. The SMILES string of the molecule is Cc1cccc([N+](=O)[O-])c1Oc1cc(Cl)ccc1C=O. The Kier molecular flexibility index (Phi) is 4.00. The average Bonchev–Trinajstić information content (AvgIpc) is 2.41. The van der Waals surface area contributed by atoms with E-state index in [0.717, 1.165) is 0 Å². The highest BCUT2D eigenvalue weighted by Crippen LogP contribution is 2.36. The topological polar surface area (TPSA) is 69.4 Å². The van der Waals surface area contributed by atoms with Crippen LogP contribution in [0.25, 0.3) is 0 Å². The van der Waals surface area contributed by atoms with Crippen molar-refractivity contribution >= 4 is 23.6 Å². The number of para-hydroxylation sites is 1. The first-order chi connectivity index (χ1) is 9.52. The van der Waals surface area contributed by atoms with E-state index in [1.54, 1.807) is 25.1 Å². The number of aryl methyl sites for hydroxylation is 1. The smallest absolute Gasteiger partial charge is 0.311 e. The van der Waals surface area contributed by atoms with Gasteiger partial charge in [0.1, 0.15) is 5.75 Å². The van der Waals surface area contributed by atoms with Crippen molar-refractivity contribution in [2.75, 3.05) is 0 Å². The molecule has 0 atom stereocenters. The van der Waals surface area contributed by atoms with Gasteiger partial charge in [-0.1, -0.05) is 23.7 Å². The lowest BCUT2D eigenvalue weighted by Crippen LogP contribution is -1.97. The summed E-state index contributed by atoms with van der Waals surface area (Å²) in [6.07, 6.45) is 0.607. The van der Waals surface area contributed by atoms with Gasteiger partial charge in [-0.2, -0.15) is 0 Å². The zero-order valence-corrected chi connectivity index (χ0v) is 11.3. The lowest BCUT2D eigenvalue weighted by atomic mass is 10.2. The third-order valence-corrected chi connectivity index (χ3v) is 2.94. The van der Waals surface area contributed by atoms with Gasteiger partial charge >= 0.3 is 5.69 Å². The molecule has 0 radical (unpaired) electrons. The molecule has 0 saturated heterocycles. The van der Waals surface area contributed by atoms with Crippen molar-refractivity contribution in [3.05, 3.63) is 62.7 Å². The number of hydrogen-bond acceptors (Lipinski definition) is 4. The van der Waals surface area contributed by atoms with Gasteiger partial charge < -0.3 is 4.74 Å². The molecule has 0 aliphatic heterocycles. The number of carbonyl (C=O) groups is 1. The maximum atomic E-state index is 11.0. The average molecular weight is 292 g/mol. The zero-order chi connectivity index (χ0) is 14.7. The Morgan fingerprint density at radius 3 is 2.70 bits per heavy atom. The van der Waals surface area contributed by atoms with E-state index < -0.39 is 4.92 Å². The molecular weight excluding hydrogens is 282 g/mol. The van der Waals surface area contributed by atoms with Crippen LogP contribution in [-0.2, 0) is 0 Å². The maximum absolute atomic E-state index is 11.0. The van der Waals surface area contributed by atoms with E-state index in [-0.39, 0.29) is 22.7 Å². The highest BCUT2D eigenvalue weighted by atomic mass is 35.5. The van der Waals surface area contributed by atoms with Gasteiger partial charge in [-0.15, -0.1) is 0 Å². The van der Waals surface area contributed by atoms with E-state index in [4.69, 9.17) is 16.3 Å². The summed E-state index contributed by atoms with van der Waals surface area (Å²) in [4.78, 5) is 21.5. The number of ether oxygens (including phenoxy) is 1. The summed E-state index contributed by atoms with van der Waals surface area (Å²) >= 11 is 5.85. The summed E-state index contributed by atoms with van der Waals surface area (Å²) in [5, 5.41) is 11.4. The van der Waals surface area contributed by atoms with E-state index in [2.05, 4.69) is 0 Å². The molecule has 0 N–H and O–H groups in total. The molecule has 0 heterocycles. The molecule has 5 nitrogen and oxygen atoms in total. The summed E-state index contributed by atoms with van der Waals surface area (Å²) in [5.74, 6) is 0.285. The Morgan fingerprint density at radius 2 is 2.05 bits per heavy atom. The van der Waals surface area contributed by atoms with Gasteiger partial charge in [0.25, 0.3) is 0 Å². The lowest BCUT2D eigenvalue weighted by Gasteiger charge is -2.10. The molecule has 2 aromatic carbocycles. The molecule has 6 heteroatoms. The summed E-state index contributed by atoms with van der Waals surface area (Å²) < 4.78 is 5.55. The van der Waals surface area contributed by atoms with Gasteiger partial charge in [-0.25, -0.2) is 0 Å². The predicted molar refractivity (Wildman–Crippen MR) is 74.7 cm³/mol. The Bertz CT molecular complexity index is 685. The largest absolute Gasteiger partial charge is 0.449 e. The number of nitro benzene ring substituents is 1. The Morgan fingerprint density at radius 1 is 1.30 bits per heavy atom. The normalized spacial score (nSPS) is 10.1. The number of benzene rings is 2. The van der Waals surface area contributed by atoms with Crippen molar-refractivity contribution in [2.45, 2.75) is 6.92 Å². The monoisotopic (exact) mass is 291 g/mol. The Labute approximate surface area is 119 Å². The van der Waals surface area contributed by atoms with Gasteiger partial charge in [0.05, 0.1) is 10.5 Å². The summed E-state index contributed by atoms with van der Waals surface area (Å²) in [6, 6.07) is 9.08. The number of aldehydes is 1. The first-order valence-electron chi connectivity index (χ1n) is 5.69. The van der Waals surface area contributed by atoms with Crippen LogP contribution < -0.4 is 4.74 Å². The highest BCUT2D eigenvalue weighted by Gasteiger charge is 2.19. The fraction of sp³-hybridized carbons (Fsp3) is 0.0714. The number of halogens is 1. The third kappa shape index (κ3) is 2.78. The van der Waals surface area contributed by atoms with Crippen LogP contribution in [0.4, 0.5) is 5.69 Å². The van der Waals surface area contributed by atoms with Gasteiger partial charge in [-0.05, 0) is 24.6 Å². The molecule has 0 aromatic heterocycles. The van der Waals surface area contributed by atoms with Crippen molar-refractivity contribution in [1.29, 1.82) is 0 Å². The molecule has 0 unspecified atom stereocenters. The van der Waals surface area contributed by atoms with Crippen LogP contribution in [0.2, 0.25) is 5.02 Å². The Balaban J connectivity index is 2.52. The molecular formula is C14H10ClNO4. The van der Waals surface area contributed by atoms with E-state index in [0.29, 0.717) is 16.9 Å².